The molecule has 0 amide bonds. The van der Waals surface area contributed by atoms with Gasteiger partial charge in [0, 0.05) is 12.6 Å². The van der Waals surface area contributed by atoms with Crippen molar-refractivity contribution in [2.45, 2.75) is 65.8 Å². The Morgan fingerprint density at radius 1 is 1.05 bits per heavy atom. The van der Waals surface area contributed by atoms with Crippen molar-refractivity contribution in [2.75, 3.05) is 6.54 Å². The van der Waals surface area contributed by atoms with E-state index in [1.807, 2.05) is 0 Å². The van der Waals surface area contributed by atoms with Crippen molar-refractivity contribution < 1.29 is 0 Å². The van der Waals surface area contributed by atoms with Crippen LogP contribution in [0.2, 0.25) is 0 Å². The second-order valence-electron chi connectivity index (χ2n) is 6.08. The minimum absolute atomic E-state index is 0.485. The number of benzene rings is 1. The molecule has 0 aromatic heterocycles. The lowest BCUT2D eigenvalue weighted by atomic mass is 9.77. The summed E-state index contributed by atoms with van der Waals surface area (Å²) in [5, 5.41) is 3.64. The maximum Gasteiger partial charge on any atom is 0.00106 e. The molecular formula is C18H31N. The fourth-order valence-corrected chi connectivity index (χ4v) is 2.67. The Morgan fingerprint density at radius 2 is 1.68 bits per heavy atom. The molecule has 0 aliphatic heterocycles. The molecule has 1 heteroatoms. The van der Waals surface area contributed by atoms with Crippen LogP contribution in [0.3, 0.4) is 0 Å². The quantitative estimate of drug-likeness (QED) is 0.672. The zero-order chi connectivity index (χ0) is 14.1. The zero-order valence-corrected chi connectivity index (χ0v) is 13.2. The van der Waals surface area contributed by atoms with Gasteiger partial charge in [0.2, 0.25) is 0 Å². The molecule has 1 rings (SSSR count). The van der Waals surface area contributed by atoms with E-state index in [1.54, 1.807) is 0 Å². The first-order valence-corrected chi connectivity index (χ1v) is 7.89. The molecule has 0 aliphatic rings. The normalized spacial score (nSPS) is 12.1. The van der Waals surface area contributed by atoms with Crippen molar-refractivity contribution in [3.8, 4) is 0 Å². The van der Waals surface area contributed by atoms with E-state index in [1.165, 1.54) is 37.7 Å². The van der Waals surface area contributed by atoms with Gasteiger partial charge in [-0.1, -0.05) is 58.0 Å². The summed E-state index contributed by atoms with van der Waals surface area (Å²) in [4.78, 5) is 0. The Bertz CT molecular complexity index is 325. The largest absolute Gasteiger partial charge is 0.314 e. The van der Waals surface area contributed by atoms with Gasteiger partial charge in [0.1, 0.15) is 0 Å². The molecule has 0 heterocycles. The van der Waals surface area contributed by atoms with Crippen LogP contribution in [0.1, 0.15) is 58.9 Å². The first-order valence-electron chi connectivity index (χ1n) is 7.89. The highest BCUT2D eigenvalue weighted by molar-refractivity contribution is 5.14. The Hall–Kier alpha value is -0.820. The number of rotatable bonds is 9. The number of hydrogen-bond donors (Lipinski definition) is 1. The van der Waals surface area contributed by atoms with Crippen molar-refractivity contribution in [3.63, 3.8) is 0 Å². The van der Waals surface area contributed by atoms with Crippen LogP contribution in [0.5, 0.6) is 0 Å². The summed E-state index contributed by atoms with van der Waals surface area (Å²) in [5.41, 5.74) is 1.96. The summed E-state index contributed by atoms with van der Waals surface area (Å²) in [5.74, 6) is 0. The third kappa shape index (κ3) is 5.78. The lowest BCUT2D eigenvalue weighted by Crippen LogP contribution is -2.37. The van der Waals surface area contributed by atoms with Crippen LogP contribution in [-0.2, 0) is 6.42 Å². The maximum absolute atomic E-state index is 3.64. The molecular weight excluding hydrogens is 230 g/mol. The lowest BCUT2D eigenvalue weighted by molar-refractivity contribution is 0.216. The van der Waals surface area contributed by atoms with E-state index in [0.717, 1.165) is 6.54 Å². The minimum Gasteiger partial charge on any atom is -0.314 e. The molecule has 0 saturated carbocycles. The summed E-state index contributed by atoms with van der Waals surface area (Å²) < 4.78 is 0. The van der Waals surface area contributed by atoms with E-state index < -0.39 is 0 Å². The fraction of sp³-hybridized carbons (Fsp3) is 0.667. The van der Waals surface area contributed by atoms with E-state index >= 15 is 0 Å². The number of hydrogen-bond acceptors (Lipinski definition) is 1. The van der Waals surface area contributed by atoms with Gasteiger partial charge in [-0.15, -0.1) is 0 Å². The van der Waals surface area contributed by atoms with Crippen LogP contribution < -0.4 is 5.32 Å². The predicted molar refractivity (Wildman–Crippen MR) is 85.5 cm³/mol. The summed E-state index contributed by atoms with van der Waals surface area (Å²) in [6, 6.07) is 11.5. The van der Waals surface area contributed by atoms with Crippen molar-refractivity contribution >= 4 is 0 Å². The molecule has 0 radical (unpaired) electrons. The van der Waals surface area contributed by atoms with Gasteiger partial charge < -0.3 is 5.32 Å². The molecule has 0 saturated heterocycles. The highest BCUT2D eigenvalue weighted by Crippen LogP contribution is 2.32. The molecule has 0 bridgehead atoms. The Labute approximate surface area is 119 Å². The predicted octanol–water partition coefficient (Wildman–Crippen LogP) is 4.81. The summed E-state index contributed by atoms with van der Waals surface area (Å²) >= 11 is 0. The van der Waals surface area contributed by atoms with Gasteiger partial charge in [0.25, 0.3) is 0 Å². The Kier molecular flexibility index (Phi) is 7.15. The summed E-state index contributed by atoms with van der Waals surface area (Å²) in [7, 11) is 0. The first kappa shape index (κ1) is 16.2. The first-order chi connectivity index (χ1) is 9.12. The van der Waals surface area contributed by atoms with Crippen LogP contribution in [-0.4, -0.2) is 12.6 Å². The van der Waals surface area contributed by atoms with Gasteiger partial charge in [-0.05, 0) is 43.1 Å². The molecule has 0 fully saturated rings. The summed E-state index contributed by atoms with van der Waals surface area (Å²) in [6.45, 7) is 10.3. The average molecular weight is 261 g/mol. The molecule has 1 nitrogen and oxygen atoms in total. The van der Waals surface area contributed by atoms with Gasteiger partial charge >= 0.3 is 0 Å². The van der Waals surface area contributed by atoms with E-state index in [2.05, 4.69) is 63.3 Å². The molecule has 0 spiro atoms. The molecule has 1 N–H and O–H groups in total. The topological polar surface area (TPSA) is 12.0 Å². The SMILES string of the molecule is CCC(CC)(CCCc1ccccc1)CNC(C)C. The molecule has 1 aromatic rings. The van der Waals surface area contributed by atoms with Crippen LogP contribution >= 0.6 is 0 Å². The van der Waals surface area contributed by atoms with Crippen molar-refractivity contribution in [1.29, 1.82) is 0 Å². The molecule has 19 heavy (non-hydrogen) atoms. The second-order valence-corrected chi connectivity index (χ2v) is 6.08. The fourth-order valence-electron chi connectivity index (χ4n) is 2.67. The van der Waals surface area contributed by atoms with Crippen molar-refractivity contribution in [1.82, 2.24) is 5.32 Å². The standard InChI is InChI=1S/C18H31N/c1-5-18(6-2,15-19-16(3)4)14-10-13-17-11-8-7-9-12-17/h7-9,11-12,16,19H,5-6,10,13-15H2,1-4H3. The molecule has 0 unspecified atom stereocenters. The highest BCUT2D eigenvalue weighted by atomic mass is 14.9. The van der Waals surface area contributed by atoms with Crippen LogP contribution in [0.4, 0.5) is 0 Å². The van der Waals surface area contributed by atoms with E-state index in [0.29, 0.717) is 11.5 Å². The van der Waals surface area contributed by atoms with E-state index in [-0.39, 0.29) is 0 Å². The second kappa shape index (κ2) is 8.37. The van der Waals surface area contributed by atoms with E-state index in [4.69, 9.17) is 0 Å². The lowest BCUT2D eigenvalue weighted by Gasteiger charge is -2.33. The van der Waals surface area contributed by atoms with Crippen LogP contribution in [0.15, 0.2) is 30.3 Å². The number of nitrogens with one attached hydrogen (secondary N) is 1. The van der Waals surface area contributed by atoms with Crippen molar-refractivity contribution in [3.05, 3.63) is 35.9 Å². The van der Waals surface area contributed by atoms with Gasteiger partial charge in [-0.2, -0.15) is 0 Å². The summed E-state index contributed by atoms with van der Waals surface area (Å²) in [6.07, 6.45) is 6.39. The Morgan fingerprint density at radius 3 is 2.21 bits per heavy atom. The highest BCUT2D eigenvalue weighted by Gasteiger charge is 2.25. The van der Waals surface area contributed by atoms with Crippen molar-refractivity contribution in [2.24, 2.45) is 5.41 Å². The molecule has 1 aromatic carbocycles. The number of aryl methyl sites for hydroxylation is 1. The molecule has 0 atom stereocenters. The molecule has 0 aliphatic carbocycles. The monoisotopic (exact) mass is 261 g/mol. The Balaban J connectivity index is 2.44. The minimum atomic E-state index is 0.485. The van der Waals surface area contributed by atoms with Gasteiger partial charge in [0.15, 0.2) is 0 Å². The van der Waals surface area contributed by atoms with Gasteiger partial charge in [-0.3, -0.25) is 0 Å². The van der Waals surface area contributed by atoms with Gasteiger partial charge in [0.05, 0.1) is 0 Å². The zero-order valence-electron chi connectivity index (χ0n) is 13.2. The average Bonchev–Trinajstić information content (AvgIpc) is 2.44. The maximum atomic E-state index is 3.64. The van der Waals surface area contributed by atoms with E-state index in [9.17, 15) is 0 Å². The van der Waals surface area contributed by atoms with Gasteiger partial charge in [-0.25, -0.2) is 0 Å². The van der Waals surface area contributed by atoms with Crippen LogP contribution in [0.25, 0.3) is 0 Å². The smallest absolute Gasteiger partial charge is 0.00106 e. The van der Waals surface area contributed by atoms with Crippen LogP contribution in [0, 0.1) is 5.41 Å². The molecule has 108 valence electrons. The third-order valence-electron chi connectivity index (χ3n) is 4.40. The third-order valence-corrected chi connectivity index (χ3v) is 4.40.